The van der Waals surface area contributed by atoms with Gasteiger partial charge in [-0.2, -0.15) is 0 Å². The number of nitrogens with two attached hydrogens (primary N) is 1. The Morgan fingerprint density at radius 3 is 2.22 bits per heavy atom. The normalized spacial score (nSPS) is 14.7. The Morgan fingerprint density at radius 2 is 1.83 bits per heavy atom. The minimum atomic E-state index is -2.32. The number of hydrogen-bond donors (Lipinski definition) is 2. The van der Waals surface area contributed by atoms with Gasteiger partial charge < -0.3 is 10.8 Å². The van der Waals surface area contributed by atoms with Crippen LogP contribution in [0.3, 0.4) is 0 Å². The van der Waals surface area contributed by atoms with Gasteiger partial charge in [-0.3, -0.25) is 0 Å². The number of benzene rings is 1. The summed E-state index contributed by atoms with van der Waals surface area (Å²) in [7, 11) is 0. The highest BCUT2D eigenvalue weighted by Gasteiger charge is 2.44. The van der Waals surface area contributed by atoms with E-state index in [1.54, 1.807) is 0 Å². The molecule has 0 aliphatic heterocycles. The average Bonchev–Trinajstić information content (AvgIpc) is 2.25. The second kappa shape index (κ2) is 4.61. The standard InChI is InChI=1S/C12H14F3NO2/c1-5(2)12(16,11(17)18)8-7(13)4-6(3)9(14)10(8)15/h4-5H,16H2,1-3H3,(H,17,18)/t12-/m1/s1. The van der Waals surface area contributed by atoms with Crippen molar-refractivity contribution in [2.45, 2.75) is 26.3 Å². The Kier molecular flexibility index (Phi) is 3.71. The van der Waals surface area contributed by atoms with Gasteiger partial charge in [-0.1, -0.05) is 13.8 Å². The molecule has 3 N–H and O–H groups in total. The zero-order valence-electron chi connectivity index (χ0n) is 10.2. The van der Waals surface area contributed by atoms with Crippen LogP contribution in [0.25, 0.3) is 0 Å². The molecule has 0 saturated heterocycles. The SMILES string of the molecule is Cc1cc(F)c([C@@](N)(C(=O)O)C(C)C)c(F)c1F. The van der Waals surface area contributed by atoms with E-state index >= 15 is 0 Å². The molecule has 18 heavy (non-hydrogen) atoms. The predicted octanol–water partition coefficient (Wildman–Crippen LogP) is 2.31. The van der Waals surface area contributed by atoms with E-state index in [0.717, 1.165) is 6.07 Å². The number of aryl methyl sites for hydroxylation is 1. The van der Waals surface area contributed by atoms with Gasteiger partial charge in [0.05, 0.1) is 5.56 Å². The Labute approximate surface area is 102 Å². The van der Waals surface area contributed by atoms with Crippen LogP contribution in [-0.4, -0.2) is 11.1 Å². The maximum atomic E-state index is 13.8. The van der Waals surface area contributed by atoms with Gasteiger partial charge in [-0.25, -0.2) is 18.0 Å². The minimum Gasteiger partial charge on any atom is -0.480 e. The van der Waals surface area contributed by atoms with Crippen LogP contribution in [0.1, 0.15) is 25.0 Å². The molecule has 100 valence electrons. The fourth-order valence-corrected chi connectivity index (χ4v) is 1.74. The van der Waals surface area contributed by atoms with Gasteiger partial charge >= 0.3 is 5.97 Å². The molecule has 0 spiro atoms. The Bertz CT molecular complexity index is 503. The van der Waals surface area contributed by atoms with Crippen LogP contribution in [0.5, 0.6) is 0 Å². The van der Waals surface area contributed by atoms with Gasteiger partial charge in [0, 0.05) is 0 Å². The number of rotatable bonds is 3. The van der Waals surface area contributed by atoms with Crippen LogP contribution in [-0.2, 0) is 10.3 Å². The van der Waals surface area contributed by atoms with Gasteiger partial charge in [0.2, 0.25) is 0 Å². The summed E-state index contributed by atoms with van der Waals surface area (Å²) in [4.78, 5) is 11.2. The van der Waals surface area contributed by atoms with Crippen LogP contribution in [0, 0.1) is 30.3 Å². The van der Waals surface area contributed by atoms with E-state index in [9.17, 15) is 18.0 Å². The van der Waals surface area contributed by atoms with Crippen molar-refractivity contribution in [2.24, 2.45) is 11.7 Å². The molecule has 0 aliphatic carbocycles. The first-order chi connectivity index (χ1) is 8.13. The second-order valence-corrected chi connectivity index (χ2v) is 4.51. The van der Waals surface area contributed by atoms with E-state index in [4.69, 9.17) is 10.8 Å². The summed E-state index contributed by atoms with van der Waals surface area (Å²) in [5, 5.41) is 9.08. The van der Waals surface area contributed by atoms with E-state index in [1.165, 1.54) is 20.8 Å². The maximum Gasteiger partial charge on any atom is 0.328 e. The molecule has 0 heterocycles. The van der Waals surface area contributed by atoms with Crippen LogP contribution >= 0.6 is 0 Å². The molecule has 0 aliphatic rings. The van der Waals surface area contributed by atoms with Gasteiger partial charge in [-0.05, 0) is 24.5 Å². The number of carboxylic acid groups (broad SMARTS) is 1. The molecule has 0 saturated carbocycles. The highest BCUT2D eigenvalue weighted by molar-refractivity contribution is 5.81. The van der Waals surface area contributed by atoms with Crippen molar-refractivity contribution >= 4 is 5.97 Å². The van der Waals surface area contributed by atoms with Crippen LogP contribution in [0.2, 0.25) is 0 Å². The smallest absolute Gasteiger partial charge is 0.328 e. The zero-order chi connectivity index (χ0) is 14.2. The number of hydrogen-bond acceptors (Lipinski definition) is 2. The van der Waals surface area contributed by atoms with Gasteiger partial charge in [0.25, 0.3) is 0 Å². The fraction of sp³-hybridized carbons (Fsp3) is 0.417. The maximum absolute atomic E-state index is 13.8. The first-order valence-corrected chi connectivity index (χ1v) is 5.30. The zero-order valence-corrected chi connectivity index (χ0v) is 10.2. The van der Waals surface area contributed by atoms with Crippen molar-refractivity contribution in [1.29, 1.82) is 0 Å². The Hall–Kier alpha value is -1.56. The minimum absolute atomic E-state index is 0.245. The fourth-order valence-electron chi connectivity index (χ4n) is 1.74. The summed E-state index contributed by atoms with van der Waals surface area (Å²) in [5.74, 6) is -6.43. The summed E-state index contributed by atoms with van der Waals surface area (Å²) in [5.41, 5.74) is 2.07. The van der Waals surface area contributed by atoms with Crippen molar-refractivity contribution in [3.8, 4) is 0 Å². The summed E-state index contributed by atoms with van der Waals surface area (Å²) < 4.78 is 41.0. The molecule has 6 heteroatoms. The van der Waals surface area contributed by atoms with E-state index in [2.05, 4.69) is 0 Å². The topological polar surface area (TPSA) is 63.3 Å². The van der Waals surface area contributed by atoms with E-state index < -0.39 is 40.4 Å². The summed E-state index contributed by atoms with van der Waals surface area (Å²) >= 11 is 0. The summed E-state index contributed by atoms with van der Waals surface area (Å²) in [6.07, 6.45) is 0. The first-order valence-electron chi connectivity index (χ1n) is 5.30. The molecular weight excluding hydrogens is 247 g/mol. The lowest BCUT2D eigenvalue weighted by Crippen LogP contribution is -2.50. The molecule has 0 fully saturated rings. The third-order valence-corrected chi connectivity index (χ3v) is 3.02. The van der Waals surface area contributed by atoms with Crippen molar-refractivity contribution in [3.05, 3.63) is 34.6 Å². The van der Waals surface area contributed by atoms with Gasteiger partial charge in [0.15, 0.2) is 11.6 Å². The van der Waals surface area contributed by atoms with E-state index in [0.29, 0.717) is 0 Å². The molecule has 0 unspecified atom stereocenters. The molecule has 1 aromatic carbocycles. The Balaban J connectivity index is 3.68. The molecule has 3 nitrogen and oxygen atoms in total. The van der Waals surface area contributed by atoms with Crippen LogP contribution in [0.15, 0.2) is 6.07 Å². The molecule has 0 amide bonds. The number of halogens is 3. The molecule has 0 radical (unpaired) electrons. The highest BCUT2D eigenvalue weighted by Crippen LogP contribution is 2.33. The predicted molar refractivity (Wildman–Crippen MR) is 59.4 cm³/mol. The van der Waals surface area contributed by atoms with Crippen molar-refractivity contribution in [3.63, 3.8) is 0 Å². The van der Waals surface area contributed by atoms with Crippen LogP contribution < -0.4 is 5.73 Å². The molecule has 1 atom stereocenters. The Morgan fingerprint density at radius 1 is 1.33 bits per heavy atom. The monoisotopic (exact) mass is 261 g/mol. The van der Waals surface area contributed by atoms with Crippen molar-refractivity contribution in [2.75, 3.05) is 0 Å². The summed E-state index contributed by atoms with van der Waals surface area (Å²) in [6, 6.07) is 0.737. The van der Waals surface area contributed by atoms with Crippen LogP contribution in [0.4, 0.5) is 13.2 Å². The van der Waals surface area contributed by atoms with Crippen molar-refractivity contribution < 1.29 is 23.1 Å². The second-order valence-electron chi connectivity index (χ2n) is 4.51. The third-order valence-electron chi connectivity index (χ3n) is 3.02. The largest absolute Gasteiger partial charge is 0.480 e. The van der Waals surface area contributed by atoms with E-state index in [-0.39, 0.29) is 5.56 Å². The molecule has 1 aromatic rings. The molecule has 0 bridgehead atoms. The summed E-state index contributed by atoms with van der Waals surface area (Å²) in [6.45, 7) is 3.97. The number of carboxylic acids is 1. The molecule has 0 aromatic heterocycles. The lowest BCUT2D eigenvalue weighted by molar-refractivity contribution is -0.146. The van der Waals surface area contributed by atoms with Crippen molar-refractivity contribution in [1.82, 2.24) is 0 Å². The van der Waals surface area contributed by atoms with Gasteiger partial charge in [-0.15, -0.1) is 0 Å². The van der Waals surface area contributed by atoms with Gasteiger partial charge in [0.1, 0.15) is 11.4 Å². The number of aliphatic carboxylic acids is 1. The first kappa shape index (κ1) is 14.5. The quantitative estimate of drug-likeness (QED) is 0.821. The van der Waals surface area contributed by atoms with E-state index in [1.807, 2.05) is 0 Å². The lowest BCUT2D eigenvalue weighted by Gasteiger charge is -2.30. The lowest BCUT2D eigenvalue weighted by atomic mass is 9.80. The average molecular weight is 261 g/mol. The molecule has 1 rings (SSSR count). The highest BCUT2D eigenvalue weighted by atomic mass is 19.2. The third kappa shape index (κ3) is 1.96. The molecular formula is C12H14F3NO2. The number of carbonyl (C=O) groups is 1.